The minimum absolute atomic E-state index is 0.0314. The van der Waals surface area contributed by atoms with Crippen LogP contribution < -0.4 is 5.32 Å². The van der Waals surface area contributed by atoms with E-state index in [0.717, 1.165) is 19.4 Å². The van der Waals surface area contributed by atoms with E-state index in [9.17, 15) is 13.2 Å². The smallest absolute Gasteiger partial charge is 0.271 e. The number of nitrogens with one attached hydrogen (secondary N) is 1. The molecule has 0 spiro atoms. The minimum Gasteiger partial charge on any atom is -0.376 e. The van der Waals surface area contributed by atoms with E-state index in [0.29, 0.717) is 17.9 Å². The van der Waals surface area contributed by atoms with Crippen molar-refractivity contribution in [3.63, 3.8) is 0 Å². The van der Waals surface area contributed by atoms with Crippen molar-refractivity contribution < 1.29 is 17.9 Å². The van der Waals surface area contributed by atoms with Crippen LogP contribution in [0.1, 0.15) is 29.0 Å². The lowest BCUT2D eigenvalue weighted by Crippen LogP contribution is -2.33. The van der Waals surface area contributed by atoms with Gasteiger partial charge in [-0.1, -0.05) is 12.1 Å². The molecule has 0 saturated carbocycles. The highest BCUT2D eigenvalue weighted by Gasteiger charge is 2.32. The zero-order valence-electron chi connectivity index (χ0n) is 14.4. The van der Waals surface area contributed by atoms with Crippen LogP contribution in [0.2, 0.25) is 0 Å². The standard InChI is InChI=1S/C17H20N4O4S/c1-20-10-14-16(17(22)18-9-12-5-4-8-25-12)19-11-21(14)13-6-2-3-7-15(13)26(20,23)24/h2-3,6-7,11-12H,4-5,8-10H2,1H3,(H,18,22)/t12-/m0/s1. The number of hydrogen-bond acceptors (Lipinski definition) is 5. The topological polar surface area (TPSA) is 93.5 Å². The van der Waals surface area contributed by atoms with Crippen molar-refractivity contribution in [2.75, 3.05) is 20.2 Å². The van der Waals surface area contributed by atoms with Crippen molar-refractivity contribution >= 4 is 15.9 Å². The Labute approximate surface area is 151 Å². The summed E-state index contributed by atoms with van der Waals surface area (Å²) in [6, 6.07) is 6.72. The van der Waals surface area contributed by atoms with Gasteiger partial charge in [0.25, 0.3) is 5.91 Å². The van der Waals surface area contributed by atoms with Crippen molar-refractivity contribution in [3.05, 3.63) is 42.0 Å². The van der Waals surface area contributed by atoms with Crippen LogP contribution >= 0.6 is 0 Å². The Morgan fingerprint density at radius 1 is 1.38 bits per heavy atom. The number of carbonyl (C=O) groups is 1. The van der Waals surface area contributed by atoms with Crippen LogP contribution in [0.15, 0.2) is 35.5 Å². The SMILES string of the molecule is CN1Cc2c(C(=O)NC[C@@H]3CCCO3)ncn2-c2ccccc2S1(=O)=O. The molecule has 9 heteroatoms. The van der Waals surface area contributed by atoms with Crippen LogP contribution in [-0.4, -0.2) is 54.5 Å². The summed E-state index contributed by atoms with van der Waals surface area (Å²) in [7, 11) is -2.13. The largest absolute Gasteiger partial charge is 0.376 e. The van der Waals surface area contributed by atoms with Crippen LogP contribution in [0.3, 0.4) is 0 Å². The molecule has 0 radical (unpaired) electrons. The molecule has 1 fully saturated rings. The molecule has 0 bridgehead atoms. The summed E-state index contributed by atoms with van der Waals surface area (Å²) in [6.07, 6.45) is 3.46. The van der Waals surface area contributed by atoms with Crippen molar-refractivity contribution in [1.29, 1.82) is 0 Å². The average molecular weight is 376 g/mol. The summed E-state index contributed by atoms with van der Waals surface area (Å²) in [5, 5.41) is 2.85. The Kier molecular flexibility index (Phi) is 4.29. The second-order valence-corrected chi connectivity index (χ2v) is 8.50. The molecule has 138 valence electrons. The summed E-state index contributed by atoms with van der Waals surface area (Å²) in [5.74, 6) is -0.320. The second kappa shape index (κ2) is 6.49. The molecule has 1 atom stereocenters. The van der Waals surface area contributed by atoms with Gasteiger partial charge in [0.05, 0.1) is 24.0 Å². The molecule has 1 aromatic carbocycles. The van der Waals surface area contributed by atoms with E-state index in [1.54, 1.807) is 28.8 Å². The number of imidazole rings is 1. The molecule has 8 nitrogen and oxygen atoms in total. The van der Waals surface area contributed by atoms with Gasteiger partial charge in [-0.25, -0.2) is 13.4 Å². The lowest BCUT2D eigenvalue weighted by Gasteiger charge is -2.15. The van der Waals surface area contributed by atoms with Gasteiger partial charge in [0.1, 0.15) is 11.2 Å². The fraction of sp³-hybridized carbons (Fsp3) is 0.412. The van der Waals surface area contributed by atoms with Crippen LogP contribution in [0.25, 0.3) is 5.69 Å². The first kappa shape index (κ1) is 17.2. The molecule has 1 aromatic heterocycles. The summed E-state index contributed by atoms with van der Waals surface area (Å²) < 4.78 is 33.9. The van der Waals surface area contributed by atoms with Gasteiger partial charge >= 0.3 is 0 Å². The number of fused-ring (bicyclic) bond motifs is 3. The average Bonchev–Trinajstić information content (AvgIpc) is 3.28. The van der Waals surface area contributed by atoms with Gasteiger partial charge in [-0.15, -0.1) is 0 Å². The first-order valence-electron chi connectivity index (χ1n) is 8.50. The van der Waals surface area contributed by atoms with E-state index < -0.39 is 10.0 Å². The van der Waals surface area contributed by atoms with Gasteiger partial charge in [-0.3, -0.25) is 9.36 Å². The van der Waals surface area contributed by atoms with E-state index >= 15 is 0 Å². The molecule has 0 unspecified atom stereocenters. The Morgan fingerprint density at radius 3 is 2.96 bits per heavy atom. The van der Waals surface area contributed by atoms with E-state index in [4.69, 9.17) is 4.74 Å². The third-order valence-corrected chi connectivity index (χ3v) is 6.63. The monoisotopic (exact) mass is 376 g/mol. The molecule has 1 N–H and O–H groups in total. The molecule has 3 heterocycles. The maximum absolute atomic E-state index is 12.7. The number of sulfonamides is 1. The number of carbonyl (C=O) groups excluding carboxylic acids is 1. The van der Waals surface area contributed by atoms with Gasteiger partial charge in [0.2, 0.25) is 10.0 Å². The Hall–Kier alpha value is -2.23. The number of amides is 1. The summed E-state index contributed by atoms with van der Waals surface area (Å²) in [5.41, 5.74) is 1.28. The van der Waals surface area contributed by atoms with E-state index in [-0.39, 0.29) is 29.1 Å². The molecule has 4 rings (SSSR count). The third-order valence-electron chi connectivity index (χ3n) is 4.78. The molecule has 1 saturated heterocycles. The summed E-state index contributed by atoms with van der Waals surface area (Å²) in [6.45, 7) is 1.22. The molecule has 26 heavy (non-hydrogen) atoms. The van der Waals surface area contributed by atoms with Crippen molar-refractivity contribution in [2.24, 2.45) is 0 Å². The number of benzene rings is 1. The Bertz CT molecular complexity index is 947. The van der Waals surface area contributed by atoms with Gasteiger partial charge < -0.3 is 10.1 Å². The maximum Gasteiger partial charge on any atom is 0.271 e. The van der Waals surface area contributed by atoms with E-state index in [1.165, 1.54) is 17.7 Å². The zero-order chi connectivity index (χ0) is 18.3. The van der Waals surface area contributed by atoms with Gasteiger partial charge in [-0.05, 0) is 25.0 Å². The van der Waals surface area contributed by atoms with E-state index in [1.807, 2.05) is 0 Å². The zero-order valence-corrected chi connectivity index (χ0v) is 15.2. The lowest BCUT2D eigenvalue weighted by atomic mass is 10.2. The van der Waals surface area contributed by atoms with Crippen LogP contribution in [0.5, 0.6) is 0 Å². The van der Waals surface area contributed by atoms with Gasteiger partial charge in [-0.2, -0.15) is 4.31 Å². The predicted molar refractivity (Wildman–Crippen MR) is 93.5 cm³/mol. The number of aromatic nitrogens is 2. The molecular formula is C17H20N4O4S. The number of para-hydroxylation sites is 1. The quantitative estimate of drug-likeness (QED) is 0.860. The van der Waals surface area contributed by atoms with Crippen molar-refractivity contribution in [1.82, 2.24) is 19.2 Å². The first-order valence-corrected chi connectivity index (χ1v) is 9.94. The van der Waals surface area contributed by atoms with Crippen LogP contribution in [-0.2, 0) is 21.3 Å². The van der Waals surface area contributed by atoms with Crippen molar-refractivity contribution in [3.8, 4) is 5.69 Å². The van der Waals surface area contributed by atoms with Crippen LogP contribution in [0, 0.1) is 0 Å². The fourth-order valence-corrected chi connectivity index (χ4v) is 4.67. The maximum atomic E-state index is 12.7. The molecule has 0 aliphatic carbocycles. The lowest BCUT2D eigenvalue weighted by molar-refractivity contribution is 0.0853. The number of ether oxygens (including phenoxy) is 1. The second-order valence-electron chi connectivity index (χ2n) is 6.48. The molecular weight excluding hydrogens is 356 g/mol. The number of rotatable bonds is 3. The minimum atomic E-state index is -3.63. The molecule has 2 aliphatic heterocycles. The molecule has 2 aliphatic rings. The van der Waals surface area contributed by atoms with Gasteiger partial charge in [0, 0.05) is 20.2 Å². The third kappa shape index (κ3) is 2.81. The Balaban J connectivity index is 1.69. The highest BCUT2D eigenvalue weighted by atomic mass is 32.2. The van der Waals surface area contributed by atoms with Crippen molar-refractivity contribution in [2.45, 2.75) is 30.4 Å². The highest BCUT2D eigenvalue weighted by Crippen LogP contribution is 2.30. The van der Waals surface area contributed by atoms with Gasteiger partial charge in [0.15, 0.2) is 5.69 Å². The Morgan fingerprint density at radius 2 is 2.19 bits per heavy atom. The summed E-state index contributed by atoms with van der Waals surface area (Å²) in [4.78, 5) is 17.1. The molecule has 2 aromatic rings. The number of hydrogen-bond donors (Lipinski definition) is 1. The number of nitrogens with zero attached hydrogens (tertiary/aromatic N) is 3. The van der Waals surface area contributed by atoms with Crippen LogP contribution in [0.4, 0.5) is 0 Å². The summed E-state index contributed by atoms with van der Waals surface area (Å²) >= 11 is 0. The first-order chi connectivity index (χ1) is 12.5. The fourth-order valence-electron chi connectivity index (χ4n) is 3.36. The highest BCUT2D eigenvalue weighted by molar-refractivity contribution is 7.89. The molecule has 1 amide bonds. The predicted octanol–water partition coefficient (Wildman–Crippen LogP) is 0.915. The van der Waals surface area contributed by atoms with E-state index in [2.05, 4.69) is 10.3 Å². The normalized spacial score (nSPS) is 21.7.